The number of esters is 2. The molecule has 0 aromatic carbocycles. The van der Waals surface area contributed by atoms with Gasteiger partial charge in [-0.3, -0.25) is 14.9 Å². The highest BCUT2D eigenvalue weighted by atomic mass is 16.7. The molecule has 0 saturated carbocycles. The standard InChI is InChI=1S/C35H48N2O11/c1-5-6-7-8-9-16-29(40)44-20-13-12-15-26(39)31(42)33-34(48-35(43)36-24(4)38)32-27(46-32)19-18-22(2)21-28-37-25(23(3)45-28)14-10-11-17-30(41)47-33/h10-12,14-15,17,21,26-27,31-34,39,42H,5-9,13,16,18-20H2,1-4H3,(H,36,38,43)/b14-10+,15-12+,17-11-,22-21-. The number of alkyl carbamates (subject to hydrolysis) is 1. The number of allylic oxidation sites excluding steroid dienone is 3. The first-order chi connectivity index (χ1) is 23.0. The van der Waals surface area contributed by atoms with Crippen molar-refractivity contribution in [3.05, 3.63) is 53.3 Å². The number of carbonyl (C=O) groups excluding carboxylic acids is 4. The Balaban J connectivity index is 1.75. The monoisotopic (exact) mass is 672 g/mol. The van der Waals surface area contributed by atoms with E-state index in [0.29, 0.717) is 36.6 Å². The molecule has 3 rings (SSSR count). The molecule has 13 nitrogen and oxygen atoms in total. The number of ether oxygens (including phenoxy) is 4. The number of fused-ring (bicyclic) bond motifs is 3. The maximum absolute atomic E-state index is 12.9. The lowest BCUT2D eigenvalue weighted by molar-refractivity contribution is -0.166. The van der Waals surface area contributed by atoms with Gasteiger partial charge >= 0.3 is 18.0 Å². The average Bonchev–Trinajstić information content (AvgIpc) is 3.72. The van der Waals surface area contributed by atoms with Gasteiger partial charge in [-0.15, -0.1) is 0 Å². The Kier molecular flexibility index (Phi) is 15.7. The minimum atomic E-state index is -1.78. The Hall–Kier alpha value is -4.07. The van der Waals surface area contributed by atoms with Gasteiger partial charge in [0.1, 0.15) is 29.8 Å². The molecule has 2 bridgehead atoms. The summed E-state index contributed by atoms with van der Waals surface area (Å²) in [5.74, 6) is -0.871. The van der Waals surface area contributed by atoms with E-state index in [1.54, 1.807) is 25.2 Å². The van der Waals surface area contributed by atoms with Crippen molar-refractivity contribution in [1.82, 2.24) is 10.3 Å². The van der Waals surface area contributed by atoms with E-state index in [-0.39, 0.29) is 19.0 Å². The predicted octanol–water partition coefficient (Wildman–Crippen LogP) is 4.64. The lowest BCUT2D eigenvalue weighted by Crippen LogP contribution is -2.51. The van der Waals surface area contributed by atoms with E-state index in [4.69, 9.17) is 23.4 Å². The van der Waals surface area contributed by atoms with Gasteiger partial charge in [0.15, 0.2) is 12.2 Å². The second-order valence-electron chi connectivity index (χ2n) is 11.9. The number of nitrogens with one attached hydrogen (secondary N) is 1. The number of imide groups is 1. The fourth-order valence-corrected chi connectivity index (χ4v) is 5.11. The minimum Gasteiger partial charge on any atom is -0.465 e. The first-order valence-corrected chi connectivity index (χ1v) is 16.5. The number of cyclic esters (lactones) is 1. The van der Waals surface area contributed by atoms with E-state index in [1.807, 2.05) is 12.2 Å². The number of aryl methyl sites for hydroxylation is 1. The Labute approximate surface area is 281 Å². The van der Waals surface area contributed by atoms with Gasteiger partial charge in [0, 0.05) is 19.4 Å². The van der Waals surface area contributed by atoms with Crippen molar-refractivity contribution >= 4 is 36.1 Å². The summed E-state index contributed by atoms with van der Waals surface area (Å²) in [7, 11) is 0. The summed E-state index contributed by atoms with van der Waals surface area (Å²) in [6, 6.07) is 0. The van der Waals surface area contributed by atoms with Crippen LogP contribution in [0.25, 0.3) is 12.2 Å². The molecule has 1 fully saturated rings. The highest BCUT2D eigenvalue weighted by molar-refractivity contribution is 5.90. The van der Waals surface area contributed by atoms with E-state index < -0.39 is 54.6 Å². The number of rotatable bonds is 13. The fraction of sp³-hybridized carbons (Fsp3) is 0.571. The van der Waals surface area contributed by atoms with Gasteiger partial charge in [-0.25, -0.2) is 14.6 Å². The normalized spacial score (nSPS) is 25.0. The Morgan fingerprint density at radius 2 is 1.88 bits per heavy atom. The molecule has 1 saturated heterocycles. The van der Waals surface area contributed by atoms with Crippen LogP contribution in [0.15, 0.2) is 40.4 Å². The van der Waals surface area contributed by atoms with Gasteiger partial charge in [-0.2, -0.15) is 0 Å². The van der Waals surface area contributed by atoms with Crippen molar-refractivity contribution in [3.63, 3.8) is 0 Å². The lowest BCUT2D eigenvalue weighted by Gasteiger charge is -2.30. The zero-order chi connectivity index (χ0) is 35.1. The first-order valence-electron chi connectivity index (χ1n) is 16.5. The van der Waals surface area contributed by atoms with Crippen molar-refractivity contribution in [2.75, 3.05) is 6.61 Å². The fourth-order valence-electron chi connectivity index (χ4n) is 5.11. The number of nitrogens with zero attached hydrogens (tertiary/aromatic N) is 1. The number of oxazole rings is 1. The largest absolute Gasteiger partial charge is 0.465 e. The topological polar surface area (TPSA) is 187 Å². The second kappa shape index (κ2) is 19.7. The predicted molar refractivity (Wildman–Crippen MR) is 175 cm³/mol. The van der Waals surface area contributed by atoms with Crippen molar-refractivity contribution in [2.24, 2.45) is 0 Å². The maximum atomic E-state index is 12.9. The molecule has 3 heterocycles. The van der Waals surface area contributed by atoms with Crippen LogP contribution < -0.4 is 5.32 Å². The second-order valence-corrected chi connectivity index (χ2v) is 11.9. The molecule has 2 aliphatic rings. The number of amides is 2. The molecule has 264 valence electrons. The van der Waals surface area contributed by atoms with E-state index in [0.717, 1.165) is 50.7 Å². The van der Waals surface area contributed by atoms with Gasteiger partial charge in [-0.05, 0) is 51.7 Å². The van der Waals surface area contributed by atoms with Crippen molar-refractivity contribution in [1.29, 1.82) is 0 Å². The molecule has 0 aliphatic carbocycles. The van der Waals surface area contributed by atoms with E-state index in [2.05, 4.69) is 11.9 Å². The van der Waals surface area contributed by atoms with E-state index in [1.165, 1.54) is 18.2 Å². The zero-order valence-corrected chi connectivity index (χ0v) is 28.1. The van der Waals surface area contributed by atoms with Crippen molar-refractivity contribution < 1.29 is 52.8 Å². The van der Waals surface area contributed by atoms with Crippen LogP contribution in [0, 0.1) is 6.92 Å². The molecule has 2 aliphatic heterocycles. The summed E-state index contributed by atoms with van der Waals surface area (Å²) in [6.07, 6.45) is 8.25. The van der Waals surface area contributed by atoms with E-state index in [9.17, 15) is 29.4 Å². The van der Waals surface area contributed by atoms with Crippen molar-refractivity contribution in [3.8, 4) is 0 Å². The number of hydrogen-bond donors (Lipinski definition) is 3. The zero-order valence-electron chi connectivity index (χ0n) is 28.1. The third kappa shape index (κ3) is 13.2. The quantitative estimate of drug-likeness (QED) is 0.0868. The van der Waals surface area contributed by atoms with Gasteiger partial charge in [0.25, 0.3) is 0 Å². The summed E-state index contributed by atoms with van der Waals surface area (Å²) in [4.78, 5) is 53.4. The molecule has 0 spiro atoms. The SMILES string of the molecule is CCCCCCCC(=O)OCC/C=C/C(O)C(O)C1OC(=O)/C=C\C=C\c2nc(oc2C)/C=C(/C)CCC2OC2C1OC(=O)NC(C)=O. The molecule has 1 aromatic heterocycles. The molecule has 13 heteroatoms. The van der Waals surface area contributed by atoms with Crippen LogP contribution in [-0.2, 0) is 33.3 Å². The van der Waals surface area contributed by atoms with Crippen LogP contribution in [-0.4, -0.2) is 82.4 Å². The molecule has 3 N–H and O–H groups in total. The summed E-state index contributed by atoms with van der Waals surface area (Å²) in [6.45, 7) is 7.01. The molecule has 6 atom stereocenters. The van der Waals surface area contributed by atoms with Crippen LogP contribution in [0.2, 0.25) is 0 Å². The summed E-state index contributed by atoms with van der Waals surface area (Å²) < 4.78 is 27.8. The number of hydrogen-bond acceptors (Lipinski definition) is 12. The molecule has 6 unspecified atom stereocenters. The Bertz CT molecular complexity index is 1360. The third-order valence-electron chi connectivity index (χ3n) is 7.73. The third-order valence-corrected chi connectivity index (χ3v) is 7.73. The van der Waals surface area contributed by atoms with Gasteiger partial charge in [0.2, 0.25) is 11.8 Å². The van der Waals surface area contributed by atoms with Gasteiger partial charge in [0.05, 0.1) is 12.7 Å². The van der Waals surface area contributed by atoms with Gasteiger partial charge in [-0.1, -0.05) is 62.5 Å². The first kappa shape index (κ1) is 38.4. The van der Waals surface area contributed by atoms with E-state index >= 15 is 0 Å². The summed E-state index contributed by atoms with van der Waals surface area (Å²) >= 11 is 0. The molecular formula is C35H48N2O11. The number of aliphatic hydroxyl groups is 2. The highest BCUT2D eigenvalue weighted by Crippen LogP contribution is 2.36. The number of aromatic nitrogens is 1. The minimum absolute atomic E-state index is 0.0847. The number of epoxide rings is 1. The lowest BCUT2D eigenvalue weighted by atomic mass is 9.97. The Morgan fingerprint density at radius 1 is 1.12 bits per heavy atom. The Morgan fingerprint density at radius 3 is 2.62 bits per heavy atom. The van der Waals surface area contributed by atoms with Crippen LogP contribution in [0.4, 0.5) is 4.79 Å². The maximum Gasteiger partial charge on any atom is 0.414 e. The van der Waals surface area contributed by atoms with Crippen LogP contribution in [0.1, 0.15) is 95.9 Å². The number of unbranched alkanes of at least 4 members (excludes halogenated alkanes) is 4. The van der Waals surface area contributed by atoms with Crippen LogP contribution in [0.3, 0.4) is 0 Å². The van der Waals surface area contributed by atoms with Crippen LogP contribution in [0.5, 0.6) is 0 Å². The van der Waals surface area contributed by atoms with Crippen LogP contribution >= 0.6 is 0 Å². The highest BCUT2D eigenvalue weighted by Gasteiger charge is 2.53. The number of carbonyl (C=O) groups is 4. The molecule has 2 amide bonds. The average molecular weight is 673 g/mol. The van der Waals surface area contributed by atoms with Crippen molar-refractivity contribution in [2.45, 2.75) is 122 Å². The molecular weight excluding hydrogens is 624 g/mol. The summed E-state index contributed by atoms with van der Waals surface area (Å²) in [5, 5.41) is 24.1. The molecule has 48 heavy (non-hydrogen) atoms. The molecule has 0 radical (unpaired) electrons. The van der Waals surface area contributed by atoms with Gasteiger partial charge < -0.3 is 33.6 Å². The number of aliphatic hydroxyl groups excluding tert-OH is 2. The smallest absolute Gasteiger partial charge is 0.414 e. The summed E-state index contributed by atoms with van der Waals surface area (Å²) in [5.41, 5.74) is 1.52. The molecule has 1 aromatic rings.